The minimum absolute atomic E-state index is 0.275. The Balaban J connectivity index is 1.79. The van der Waals surface area contributed by atoms with Crippen molar-refractivity contribution in [3.05, 3.63) is 24.3 Å². The van der Waals surface area contributed by atoms with Gasteiger partial charge in [0.15, 0.2) is 0 Å². The maximum atomic E-state index is 10.6. The standard InChI is InChI=1S/C19H31N3O3/c1-20(2)15-16-25-18-8-4-3-7-17(18)22-13-11-21(12-14-22)10-6-5-9-19(23)24/h3-4,7-8H,5-6,9-16H2,1-2H3,(H,23,24). The number of nitrogens with zero attached hydrogens (tertiary/aromatic N) is 3. The summed E-state index contributed by atoms with van der Waals surface area (Å²) < 4.78 is 5.98. The van der Waals surface area contributed by atoms with Crippen LogP contribution in [0, 0.1) is 0 Å². The van der Waals surface area contributed by atoms with Crippen molar-refractivity contribution in [1.82, 2.24) is 9.80 Å². The van der Waals surface area contributed by atoms with Crippen molar-refractivity contribution < 1.29 is 14.6 Å². The lowest BCUT2D eigenvalue weighted by molar-refractivity contribution is -0.137. The summed E-state index contributed by atoms with van der Waals surface area (Å²) in [6.45, 7) is 6.56. The van der Waals surface area contributed by atoms with E-state index in [2.05, 4.69) is 26.8 Å². The van der Waals surface area contributed by atoms with E-state index in [1.54, 1.807) is 0 Å². The van der Waals surface area contributed by atoms with E-state index in [0.29, 0.717) is 6.61 Å². The number of carboxylic acid groups (broad SMARTS) is 1. The Morgan fingerprint density at radius 2 is 1.88 bits per heavy atom. The Bertz CT molecular complexity index is 528. The molecule has 1 N–H and O–H groups in total. The van der Waals surface area contributed by atoms with E-state index in [1.807, 2.05) is 26.2 Å². The van der Waals surface area contributed by atoms with Crippen molar-refractivity contribution in [2.45, 2.75) is 19.3 Å². The van der Waals surface area contributed by atoms with Gasteiger partial charge in [-0.3, -0.25) is 9.69 Å². The second-order valence-corrected chi connectivity index (χ2v) is 6.80. The molecule has 1 saturated heterocycles. The lowest BCUT2D eigenvalue weighted by atomic mass is 10.2. The quantitative estimate of drug-likeness (QED) is 0.652. The zero-order valence-corrected chi connectivity index (χ0v) is 15.5. The van der Waals surface area contributed by atoms with E-state index < -0.39 is 5.97 Å². The number of unbranched alkanes of at least 4 members (excludes halogenated alkanes) is 1. The fourth-order valence-electron chi connectivity index (χ4n) is 3.00. The van der Waals surface area contributed by atoms with Crippen LogP contribution in [-0.2, 0) is 4.79 Å². The first kappa shape index (κ1) is 19.5. The van der Waals surface area contributed by atoms with Crippen LogP contribution in [0.4, 0.5) is 5.69 Å². The number of ether oxygens (including phenoxy) is 1. The maximum Gasteiger partial charge on any atom is 0.303 e. The molecule has 0 aromatic heterocycles. The van der Waals surface area contributed by atoms with Crippen LogP contribution in [-0.4, -0.2) is 80.8 Å². The fourth-order valence-corrected chi connectivity index (χ4v) is 3.00. The zero-order chi connectivity index (χ0) is 18.1. The lowest BCUT2D eigenvalue weighted by Gasteiger charge is -2.36. The van der Waals surface area contributed by atoms with Gasteiger partial charge in [-0.2, -0.15) is 0 Å². The van der Waals surface area contributed by atoms with Crippen LogP contribution >= 0.6 is 0 Å². The Morgan fingerprint density at radius 1 is 1.16 bits per heavy atom. The van der Waals surface area contributed by atoms with Crippen LogP contribution in [0.15, 0.2) is 24.3 Å². The number of piperazine rings is 1. The largest absolute Gasteiger partial charge is 0.490 e. The average Bonchev–Trinajstić information content (AvgIpc) is 2.59. The Morgan fingerprint density at radius 3 is 2.56 bits per heavy atom. The predicted octanol–water partition coefficient (Wildman–Crippen LogP) is 2.00. The molecular formula is C19H31N3O3. The van der Waals surface area contributed by atoms with Gasteiger partial charge in [0.1, 0.15) is 12.4 Å². The van der Waals surface area contributed by atoms with Gasteiger partial charge >= 0.3 is 5.97 Å². The molecule has 0 aliphatic carbocycles. The molecule has 6 nitrogen and oxygen atoms in total. The lowest BCUT2D eigenvalue weighted by Crippen LogP contribution is -2.46. The summed E-state index contributed by atoms with van der Waals surface area (Å²) in [5, 5.41) is 8.69. The minimum atomic E-state index is -0.698. The highest BCUT2D eigenvalue weighted by molar-refractivity contribution is 5.66. The summed E-state index contributed by atoms with van der Waals surface area (Å²) in [5.74, 6) is 0.259. The number of aliphatic carboxylic acids is 1. The van der Waals surface area contributed by atoms with Crippen LogP contribution in [0.25, 0.3) is 0 Å². The van der Waals surface area contributed by atoms with E-state index in [0.717, 1.165) is 57.9 Å². The molecule has 0 radical (unpaired) electrons. The van der Waals surface area contributed by atoms with Crippen LogP contribution in [0.1, 0.15) is 19.3 Å². The maximum absolute atomic E-state index is 10.6. The van der Waals surface area contributed by atoms with Gasteiger partial charge in [0.05, 0.1) is 5.69 Å². The third-order valence-electron chi connectivity index (χ3n) is 4.49. The number of hydrogen-bond acceptors (Lipinski definition) is 5. The first-order chi connectivity index (χ1) is 12.1. The summed E-state index contributed by atoms with van der Waals surface area (Å²) in [6.07, 6.45) is 1.99. The monoisotopic (exact) mass is 349 g/mol. The molecule has 140 valence electrons. The summed E-state index contributed by atoms with van der Waals surface area (Å²) >= 11 is 0. The molecule has 6 heteroatoms. The highest BCUT2D eigenvalue weighted by Crippen LogP contribution is 2.28. The molecule has 0 unspecified atom stereocenters. The number of anilines is 1. The summed E-state index contributed by atoms with van der Waals surface area (Å²) in [5.41, 5.74) is 1.17. The Kier molecular flexibility index (Phi) is 8.01. The Hall–Kier alpha value is -1.79. The van der Waals surface area contributed by atoms with Crippen LogP contribution < -0.4 is 9.64 Å². The number of benzene rings is 1. The van der Waals surface area contributed by atoms with Gasteiger partial charge in [-0.1, -0.05) is 12.1 Å². The van der Waals surface area contributed by atoms with Crippen molar-refractivity contribution >= 4 is 11.7 Å². The van der Waals surface area contributed by atoms with E-state index in [1.165, 1.54) is 5.69 Å². The van der Waals surface area contributed by atoms with Gasteiger partial charge in [0.2, 0.25) is 0 Å². The van der Waals surface area contributed by atoms with E-state index in [-0.39, 0.29) is 6.42 Å². The number of carbonyl (C=O) groups is 1. The second kappa shape index (κ2) is 10.3. The van der Waals surface area contributed by atoms with Crippen molar-refractivity contribution in [1.29, 1.82) is 0 Å². The third-order valence-corrected chi connectivity index (χ3v) is 4.49. The van der Waals surface area contributed by atoms with Crippen molar-refractivity contribution in [3.8, 4) is 5.75 Å². The van der Waals surface area contributed by atoms with Crippen molar-refractivity contribution in [2.24, 2.45) is 0 Å². The second-order valence-electron chi connectivity index (χ2n) is 6.80. The summed E-state index contributed by atoms with van der Waals surface area (Å²) in [4.78, 5) is 17.5. The SMILES string of the molecule is CN(C)CCOc1ccccc1N1CCN(CCCCC(=O)O)CC1. The molecular weight excluding hydrogens is 318 g/mol. The Labute approximate surface area is 151 Å². The van der Waals surface area contributed by atoms with E-state index >= 15 is 0 Å². The summed E-state index contributed by atoms with van der Waals surface area (Å²) in [6, 6.07) is 8.26. The average molecular weight is 349 g/mol. The van der Waals surface area contributed by atoms with Crippen LogP contribution in [0.2, 0.25) is 0 Å². The molecule has 1 heterocycles. The van der Waals surface area contributed by atoms with Gasteiger partial charge in [-0.15, -0.1) is 0 Å². The predicted molar refractivity (Wildman–Crippen MR) is 101 cm³/mol. The van der Waals surface area contributed by atoms with Gasteiger partial charge in [0, 0.05) is 39.1 Å². The number of likely N-dealkylation sites (N-methyl/N-ethyl adjacent to an activating group) is 1. The van der Waals surface area contributed by atoms with Gasteiger partial charge in [-0.05, 0) is 45.6 Å². The third kappa shape index (κ3) is 6.92. The number of carboxylic acids is 1. The molecule has 25 heavy (non-hydrogen) atoms. The first-order valence-corrected chi connectivity index (χ1v) is 9.12. The molecule has 1 fully saturated rings. The van der Waals surface area contributed by atoms with Crippen molar-refractivity contribution in [2.75, 3.05) is 64.9 Å². The van der Waals surface area contributed by atoms with Gasteiger partial charge in [0.25, 0.3) is 0 Å². The molecule has 1 aromatic carbocycles. The smallest absolute Gasteiger partial charge is 0.303 e. The highest BCUT2D eigenvalue weighted by atomic mass is 16.5. The van der Waals surface area contributed by atoms with Gasteiger partial charge < -0.3 is 19.6 Å². The number of para-hydroxylation sites is 2. The molecule has 0 saturated carbocycles. The molecule has 0 bridgehead atoms. The molecule has 1 aliphatic rings. The van der Waals surface area contributed by atoms with Crippen molar-refractivity contribution in [3.63, 3.8) is 0 Å². The minimum Gasteiger partial charge on any atom is -0.490 e. The fraction of sp³-hybridized carbons (Fsp3) is 0.632. The van der Waals surface area contributed by atoms with Crippen LogP contribution in [0.3, 0.4) is 0 Å². The van der Waals surface area contributed by atoms with E-state index in [9.17, 15) is 4.79 Å². The molecule has 0 atom stereocenters. The molecule has 0 amide bonds. The first-order valence-electron chi connectivity index (χ1n) is 9.12. The highest BCUT2D eigenvalue weighted by Gasteiger charge is 2.19. The normalized spacial score (nSPS) is 15.6. The topological polar surface area (TPSA) is 56.2 Å². The molecule has 1 aliphatic heterocycles. The summed E-state index contributed by atoms with van der Waals surface area (Å²) in [7, 11) is 4.09. The zero-order valence-electron chi connectivity index (χ0n) is 15.5. The number of hydrogen-bond donors (Lipinski definition) is 1. The molecule has 1 aromatic rings. The van der Waals surface area contributed by atoms with Crippen LogP contribution in [0.5, 0.6) is 5.75 Å². The van der Waals surface area contributed by atoms with E-state index in [4.69, 9.17) is 9.84 Å². The van der Waals surface area contributed by atoms with Gasteiger partial charge in [-0.25, -0.2) is 0 Å². The number of rotatable bonds is 10. The molecule has 2 rings (SSSR count). The molecule has 0 spiro atoms.